The van der Waals surface area contributed by atoms with E-state index in [-0.39, 0.29) is 28.1 Å². The summed E-state index contributed by atoms with van der Waals surface area (Å²) in [4.78, 5) is 13.4. The summed E-state index contributed by atoms with van der Waals surface area (Å²) < 4.78 is 16.6. The van der Waals surface area contributed by atoms with Gasteiger partial charge in [0, 0.05) is 5.41 Å². The van der Waals surface area contributed by atoms with E-state index >= 15 is 0 Å². The minimum absolute atomic E-state index is 0.0586. The Morgan fingerprint density at radius 2 is 1.50 bits per heavy atom. The third-order valence-corrected chi connectivity index (χ3v) is 14.9. The van der Waals surface area contributed by atoms with Crippen molar-refractivity contribution in [2.75, 3.05) is 0 Å². The van der Waals surface area contributed by atoms with Crippen molar-refractivity contribution in [3.8, 4) is 0 Å². The lowest BCUT2D eigenvalue weighted by atomic mass is 9.30. The third kappa shape index (κ3) is 3.17. The molecule has 5 rings (SSSR count). The summed E-state index contributed by atoms with van der Waals surface area (Å²) in [5.74, 6) is 2.89. The number of fused-ring (bicyclic) bond motifs is 7. The van der Waals surface area contributed by atoms with E-state index in [1.54, 1.807) is 0 Å². The fourth-order valence-electron chi connectivity index (χ4n) is 12.1. The molecule has 36 heavy (non-hydrogen) atoms. The minimum Gasteiger partial charge on any atom is -0.459 e. The number of aliphatic hydroxyl groups is 1. The van der Waals surface area contributed by atoms with Gasteiger partial charge in [0.1, 0.15) is 0 Å². The quantitative estimate of drug-likeness (QED) is 0.414. The van der Waals surface area contributed by atoms with Gasteiger partial charge in [0.2, 0.25) is 0 Å². The van der Waals surface area contributed by atoms with Crippen LogP contribution in [0.2, 0.25) is 0 Å². The predicted molar refractivity (Wildman–Crippen MR) is 144 cm³/mol. The molecular formula is C31H52O4Si. The van der Waals surface area contributed by atoms with Gasteiger partial charge >= 0.3 is 15.6 Å². The molecule has 1 N–H and O–H groups in total. The molecule has 5 aliphatic carbocycles. The molecule has 4 nitrogen and oxygen atoms in total. The Kier molecular flexibility index (Phi) is 6.18. The Morgan fingerprint density at radius 3 is 2.17 bits per heavy atom. The van der Waals surface area contributed by atoms with Gasteiger partial charge in [0.25, 0.3) is 0 Å². The van der Waals surface area contributed by atoms with Crippen molar-refractivity contribution in [1.82, 2.24) is 0 Å². The fourth-order valence-corrected chi connectivity index (χ4v) is 12.4. The number of hydrogen-bond donors (Lipinski definition) is 1. The summed E-state index contributed by atoms with van der Waals surface area (Å²) in [6.45, 7) is 19.7. The first-order valence-electron chi connectivity index (χ1n) is 15.0. The molecule has 0 spiro atoms. The van der Waals surface area contributed by atoms with Crippen LogP contribution in [0.4, 0.5) is 0 Å². The average Bonchev–Trinajstić information content (AvgIpc) is 2.80. The van der Waals surface area contributed by atoms with E-state index in [0.717, 1.165) is 37.0 Å². The Morgan fingerprint density at radius 1 is 0.806 bits per heavy atom. The summed E-state index contributed by atoms with van der Waals surface area (Å²) in [5.41, 5.74) is -1.36. The van der Waals surface area contributed by atoms with Crippen molar-refractivity contribution in [1.29, 1.82) is 0 Å². The van der Waals surface area contributed by atoms with Gasteiger partial charge < -0.3 is 14.0 Å². The van der Waals surface area contributed by atoms with E-state index in [4.69, 9.17) is 4.43 Å². The van der Waals surface area contributed by atoms with Crippen LogP contribution in [-0.2, 0) is 13.7 Å². The highest BCUT2D eigenvalue weighted by molar-refractivity contribution is 6.13. The Hall–Kier alpha value is -0.553. The second-order valence-electron chi connectivity index (χ2n) is 15.9. The Labute approximate surface area is 222 Å². The molecule has 0 bridgehead atoms. The molecule has 5 aliphatic rings. The molecule has 0 heterocycles. The number of carbonyl (C=O) groups excluding carboxylic acids is 1. The van der Waals surface area contributed by atoms with E-state index in [9.17, 15) is 14.4 Å². The monoisotopic (exact) mass is 516 g/mol. The van der Waals surface area contributed by atoms with Crippen LogP contribution in [0, 0.1) is 62.6 Å². The van der Waals surface area contributed by atoms with Crippen LogP contribution in [0.5, 0.6) is 0 Å². The van der Waals surface area contributed by atoms with Crippen molar-refractivity contribution in [2.45, 2.75) is 125 Å². The molecule has 0 aromatic rings. The second kappa shape index (κ2) is 8.23. The smallest absolute Gasteiger partial charge is 0.459 e. The maximum atomic E-state index is 13.4. The predicted octanol–water partition coefficient (Wildman–Crippen LogP) is 6.72. The normalized spacial score (nSPS) is 55.8. The van der Waals surface area contributed by atoms with Gasteiger partial charge in [-0.25, -0.2) is 4.79 Å². The zero-order valence-electron chi connectivity index (χ0n) is 24.3. The van der Waals surface area contributed by atoms with Crippen molar-refractivity contribution >= 4 is 15.6 Å². The van der Waals surface area contributed by atoms with Crippen LogP contribution in [-0.4, -0.2) is 26.3 Å². The zero-order valence-corrected chi connectivity index (χ0v) is 25.4. The summed E-state index contributed by atoms with van der Waals surface area (Å²) in [6, 6.07) is 0. The molecule has 5 saturated carbocycles. The Bertz CT molecular complexity index is 934. The molecular weight excluding hydrogens is 464 g/mol. The number of carbonyl (C=O) groups is 1. The van der Waals surface area contributed by atoms with Gasteiger partial charge in [-0.05, 0) is 121 Å². The third-order valence-electron chi connectivity index (χ3n) is 14.6. The molecule has 0 aliphatic heterocycles. The number of rotatable bonds is 2. The summed E-state index contributed by atoms with van der Waals surface area (Å²) in [6.07, 6.45) is 11.0. The first-order chi connectivity index (χ1) is 16.6. The van der Waals surface area contributed by atoms with E-state index in [0.29, 0.717) is 17.8 Å². The molecule has 5 fully saturated rings. The van der Waals surface area contributed by atoms with Crippen molar-refractivity contribution in [2.24, 2.45) is 62.6 Å². The van der Waals surface area contributed by atoms with Gasteiger partial charge in [-0.15, -0.1) is 0 Å². The van der Waals surface area contributed by atoms with Gasteiger partial charge in [-0.1, -0.05) is 55.4 Å². The van der Waals surface area contributed by atoms with Gasteiger partial charge in [0.15, 0.2) is 5.60 Å². The lowest BCUT2D eigenvalue weighted by Crippen LogP contribution is -2.73. The summed E-state index contributed by atoms with van der Waals surface area (Å²) in [7, 11) is -1.67. The molecule has 5 heteroatoms. The molecule has 0 aromatic carbocycles. The van der Waals surface area contributed by atoms with Crippen molar-refractivity contribution in [3.63, 3.8) is 0 Å². The first-order valence-corrected chi connectivity index (χ1v) is 15.9. The van der Waals surface area contributed by atoms with Crippen LogP contribution in [0.1, 0.15) is 120 Å². The lowest BCUT2D eigenvalue weighted by Gasteiger charge is -2.75. The highest BCUT2D eigenvalue weighted by atomic mass is 28.2. The van der Waals surface area contributed by atoms with E-state index in [1.165, 1.54) is 38.5 Å². The van der Waals surface area contributed by atoms with Crippen molar-refractivity contribution in [3.05, 3.63) is 0 Å². The molecule has 204 valence electrons. The Balaban J connectivity index is 1.61. The van der Waals surface area contributed by atoms with Gasteiger partial charge in [-0.3, -0.25) is 0 Å². The molecule has 0 aromatic heterocycles. The van der Waals surface area contributed by atoms with Crippen LogP contribution < -0.4 is 0 Å². The van der Waals surface area contributed by atoms with Crippen LogP contribution in [0.25, 0.3) is 0 Å². The lowest BCUT2D eigenvalue weighted by molar-refractivity contribution is -0.290. The number of hydrogen-bond acceptors (Lipinski definition) is 4. The highest BCUT2D eigenvalue weighted by Gasteiger charge is 2.75. The molecule has 0 radical (unpaired) electrons. The topological polar surface area (TPSA) is 63.6 Å². The molecule has 11 atom stereocenters. The van der Waals surface area contributed by atoms with E-state index < -0.39 is 26.6 Å². The standard InChI is InChI=1S/C31H52O4Si/c1-19-11-13-27(5)16-17-28(6)21(24(27)20(19)2)9-10-23-29(28,7)14-12-22-26(3,4)15-18-31(33,30(22,23)8)25(32)35-36-34/h19-24,33,36H,9-18H2,1-8H3/t19-,20+,21-,22+,23+,24+,27-,28-,29-,30+,31?/m1/s1. The first kappa shape index (κ1) is 27.0. The van der Waals surface area contributed by atoms with Crippen LogP contribution in [0.15, 0.2) is 0 Å². The van der Waals surface area contributed by atoms with Crippen molar-refractivity contribution < 1.29 is 18.8 Å². The van der Waals surface area contributed by atoms with Gasteiger partial charge in [-0.2, -0.15) is 0 Å². The van der Waals surface area contributed by atoms with Crippen LogP contribution in [0.3, 0.4) is 0 Å². The average molecular weight is 517 g/mol. The SMILES string of the molecule is C[C@@H]1[C@H]2[C@H]3CC[C@@H]4[C@]5(C)[C@@H](CC[C@@]4(C)[C@]3(C)CC[C@@]2(C)CC[C@H]1C)C(C)(C)CCC5(O)C(=O)O[SiH]=O. The fraction of sp³-hybridized carbons (Fsp3) is 0.968. The maximum absolute atomic E-state index is 13.4. The summed E-state index contributed by atoms with van der Waals surface area (Å²) >= 11 is 0. The summed E-state index contributed by atoms with van der Waals surface area (Å²) in [5, 5.41) is 12.3. The zero-order chi connectivity index (χ0) is 26.5. The van der Waals surface area contributed by atoms with Crippen LogP contribution >= 0.6 is 0 Å². The molecule has 0 amide bonds. The van der Waals surface area contributed by atoms with E-state index in [1.807, 2.05) is 0 Å². The molecule has 1 unspecified atom stereocenters. The van der Waals surface area contributed by atoms with E-state index in [2.05, 4.69) is 55.4 Å². The van der Waals surface area contributed by atoms with Gasteiger partial charge in [0.05, 0.1) is 0 Å². The maximum Gasteiger partial charge on any atom is 0.494 e. The largest absolute Gasteiger partial charge is 0.494 e. The molecule has 0 saturated heterocycles. The second-order valence-corrected chi connectivity index (χ2v) is 16.3. The highest BCUT2D eigenvalue weighted by Crippen LogP contribution is 2.78. The minimum atomic E-state index is -1.67.